The molecule has 2 saturated carbocycles. The molecule has 0 heterocycles. The van der Waals surface area contributed by atoms with E-state index in [1.54, 1.807) is 12.1 Å². The Morgan fingerprint density at radius 2 is 2.13 bits per heavy atom. The standard InChI is InChI=1S/C17H22BrFN2O2/c18-15-5-12(3-4-16(15)19)8-20-13-6-14(7-13)21(10-17(22)23)9-11-1-2-11/h3-5,11,13-14,20H,1-2,6-10H2,(H,22,23). The normalized spacial score (nSPS) is 23.8. The summed E-state index contributed by atoms with van der Waals surface area (Å²) in [7, 11) is 0. The minimum atomic E-state index is -0.738. The van der Waals surface area contributed by atoms with Gasteiger partial charge >= 0.3 is 5.97 Å². The molecule has 1 aromatic rings. The number of carbonyl (C=O) groups is 1. The first-order valence-electron chi connectivity index (χ1n) is 8.14. The summed E-state index contributed by atoms with van der Waals surface area (Å²) in [6, 6.07) is 5.84. The van der Waals surface area contributed by atoms with E-state index >= 15 is 0 Å². The molecule has 3 rings (SSSR count). The second-order valence-corrected chi connectivity index (χ2v) is 7.57. The minimum absolute atomic E-state index is 0.152. The molecule has 2 aliphatic carbocycles. The van der Waals surface area contributed by atoms with Crippen molar-refractivity contribution >= 4 is 21.9 Å². The average molecular weight is 385 g/mol. The zero-order valence-corrected chi connectivity index (χ0v) is 14.6. The monoisotopic (exact) mass is 384 g/mol. The van der Waals surface area contributed by atoms with Crippen LogP contribution in [0.15, 0.2) is 22.7 Å². The number of halogens is 2. The zero-order valence-electron chi connectivity index (χ0n) is 13.0. The molecule has 2 N–H and O–H groups in total. The summed E-state index contributed by atoms with van der Waals surface area (Å²) in [5, 5.41) is 12.5. The van der Waals surface area contributed by atoms with Crippen LogP contribution in [0.25, 0.3) is 0 Å². The van der Waals surface area contributed by atoms with Crippen molar-refractivity contribution in [3.05, 3.63) is 34.1 Å². The first kappa shape index (κ1) is 16.9. The van der Waals surface area contributed by atoms with Gasteiger partial charge < -0.3 is 10.4 Å². The van der Waals surface area contributed by atoms with Crippen LogP contribution in [-0.2, 0) is 11.3 Å². The van der Waals surface area contributed by atoms with E-state index in [1.165, 1.54) is 18.9 Å². The number of rotatable bonds is 8. The zero-order chi connectivity index (χ0) is 16.4. The number of carboxylic acids is 1. The van der Waals surface area contributed by atoms with Gasteiger partial charge in [0.25, 0.3) is 0 Å². The van der Waals surface area contributed by atoms with Gasteiger partial charge in [-0.3, -0.25) is 9.69 Å². The third-order valence-electron chi connectivity index (χ3n) is 4.74. The van der Waals surface area contributed by atoms with Crippen molar-refractivity contribution in [1.82, 2.24) is 10.2 Å². The molecule has 6 heteroatoms. The number of hydrogen-bond donors (Lipinski definition) is 2. The summed E-state index contributed by atoms with van der Waals surface area (Å²) < 4.78 is 13.7. The molecule has 23 heavy (non-hydrogen) atoms. The van der Waals surface area contributed by atoms with Crippen LogP contribution < -0.4 is 5.32 Å². The second-order valence-electron chi connectivity index (χ2n) is 6.72. The van der Waals surface area contributed by atoms with Crippen LogP contribution in [0, 0.1) is 11.7 Å². The second kappa shape index (κ2) is 7.28. The Kier molecular flexibility index (Phi) is 5.34. The molecule has 0 aromatic heterocycles. The summed E-state index contributed by atoms with van der Waals surface area (Å²) in [6.07, 6.45) is 4.46. The number of carboxylic acid groups (broad SMARTS) is 1. The quantitative estimate of drug-likeness (QED) is 0.723. The maximum Gasteiger partial charge on any atom is 0.317 e. The van der Waals surface area contributed by atoms with Crippen LogP contribution in [0.4, 0.5) is 4.39 Å². The summed E-state index contributed by atoms with van der Waals surface area (Å²) in [5.74, 6) is -0.280. The number of benzene rings is 1. The van der Waals surface area contributed by atoms with E-state index in [4.69, 9.17) is 5.11 Å². The first-order valence-corrected chi connectivity index (χ1v) is 8.93. The van der Waals surface area contributed by atoms with E-state index in [2.05, 4.69) is 26.1 Å². The fourth-order valence-corrected chi connectivity index (χ4v) is 3.54. The lowest BCUT2D eigenvalue weighted by molar-refractivity contribution is -0.139. The Labute approximate surface area is 144 Å². The topological polar surface area (TPSA) is 52.6 Å². The molecule has 0 saturated heterocycles. The molecule has 2 aliphatic rings. The highest BCUT2D eigenvalue weighted by atomic mass is 79.9. The number of nitrogens with zero attached hydrogens (tertiary/aromatic N) is 1. The highest BCUT2D eigenvalue weighted by Crippen LogP contribution is 2.33. The Hall–Kier alpha value is -0.980. The van der Waals surface area contributed by atoms with Crippen LogP contribution in [0.5, 0.6) is 0 Å². The summed E-state index contributed by atoms with van der Waals surface area (Å²) in [4.78, 5) is 13.1. The SMILES string of the molecule is O=C(O)CN(CC1CC1)C1CC(NCc2ccc(F)c(Br)c2)C1. The van der Waals surface area contributed by atoms with Crippen molar-refractivity contribution in [3.63, 3.8) is 0 Å². The van der Waals surface area contributed by atoms with Crippen molar-refractivity contribution in [3.8, 4) is 0 Å². The van der Waals surface area contributed by atoms with E-state index < -0.39 is 5.97 Å². The molecular formula is C17H22BrFN2O2. The molecule has 0 amide bonds. The van der Waals surface area contributed by atoms with Gasteiger partial charge in [0.2, 0.25) is 0 Å². The van der Waals surface area contributed by atoms with Gasteiger partial charge in [-0.05, 0) is 65.2 Å². The lowest BCUT2D eigenvalue weighted by atomic mass is 9.85. The third-order valence-corrected chi connectivity index (χ3v) is 5.34. The molecule has 4 nitrogen and oxygen atoms in total. The highest BCUT2D eigenvalue weighted by molar-refractivity contribution is 9.10. The van der Waals surface area contributed by atoms with E-state index in [0.29, 0.717) is 29.0 Å². The van der Waals surface area contributed by atoms with Gasteiger partial charge in [0.05, 0.1) is 11.0 Å². The van der Waals surface area contributed by atoms with Gasteiger partial charge in [-0.15, -0.1) is 0 Å². The molecule has 1 aromatic carbocycles. The van der Waals surface area contributed by atoms with Gasteiger partial charge in [0, 0.05) is 25.2 Å². The Morgan fingerprint density at radius 3 is 2.74 bits per heavy atom. The average Bonchev–Trinajstić information content (AvgIpc) is 3.24. The Balaban J connectivity index is 1.43. The lowest BCUT2D eigenvalue weighted by Gasteiger charge is -2.43. The predicted octanol–water partition coefficient (Wildman–Crippen LogP) is 3.01. The van der Waals surface area contributed by atoms with Crippen molar-refractivity contribution in [2.75, 3.05) is 13.1 Å². The molecule has 0 atom stereocenters. The molecule has 0 bridgehead atoms. The Morgan fingerprint density at radius 1 is 1.39 bits per heavy atom. The molecule has 0 unspecified atom stereocenters. The maximum atomic E-state index is 13.2. The van der Waals surface area contributed by atoms with Gasteiger partial charge in [0.15, 0.2) is 0 Å². The third kappa shape index (κ3) is 4.75. The van der Waals surface area contributed by atoms with Gasteiger partial charge in [-0.1, -0.05) is 6.07 Å². The molecule has 0 spiro atoms. The van der Waals surface area contributed by atoms with E-state index in [-0.39, 0.29) is 12.4 Å². The van der Waals surface area contributed by atoms with E-state index in [1.807, 2.05) is 0 Å². The summed E-state index contributed by atoms with van der Waals surface area (Å²) in [5.41, 5.74) is 1.04. The van der Waals surface area contributed by atoms with Crippen LogP contribution >= 0.6 is 15.9 Å². The Bertz CT molecular complexity index is 574. The van der Waals surface area contributed by atoms with Crippen molar-refractivity contribution in [1.29, 1.82) is 0 Å². The van der Waals surface area contributed by atoms with E-state index in [0.717, 1.165) is 24.9 Å². The highest BCUT2D eigenvalue weighted by Gasteiger charge is 2.36. The number of aliphatic carboxylic acids is 1. The minimum Gasteiger partial charge on any atom is -0.480 e. The van der Waals surface area contributed by atoms with Crippen molar-refractivity contribution < 1.29 is 14.3 Å². The maximum absolute atomic E-state index is 13.2. The van der Waals surface area contributed by atoms with Crippen LogP contribution in [-0.4, -0.2) is 41.1 Å². The van der Waals surface area contributed by atoms with E-state index in [9.17, 15) is 9.18 Å². The number of hydrogen-bond acceptors (Lipinski definition) is 3. The number of nitrogens with one attached hydrogen (secondary N) is 1. The smallest absolute Gasteiger partial charge is 0.317 e. The van der Waals surface area contributed by atoms with Crippen LogP contribution in [0.2, 0.25) is 0 Å². The lowest BCUT2D eigenvalue weighted by Crippen LogP contribution is -2.54. The molecular weight excluding hydrogens is 363 g/mol. The fourth-order valence-electron chi connectivity index (χ4n) is 3.11. The molecule has 126 valence electrons. The predicted molar refractivity (Wildman–Crippen MR) is 89.7 cm³/mol. The molecule has 0 radical (unpaired) electrons. The van der Waals surface area contributed by atoms with Gasteiger partial charge in [-0.2, -0.15) is 0 Å². The van der Waals surface area contributed by atoms with Crippen molar-refractivity contribution in [2.24, 2.45) is 5.92 Å². The first-order chi connectivity index (χ1) is 11.0. The van der Waals surface area contributed by atoms with Gasteiger partial charge in [0.1, 0.15) is 5.82 Å². The summed E-state index contributed by atoms with van der Waals surface area (Å²) in [6.45, 7) is 1.78. The van der Waals surface area contributed by atoms with Gasteiger partial charge in [-0.25, -0.2) is 4.39 Å². The molecule has 0 aliphatic heterocycles. The van der Waals surface area contributed by atoms with Crippen molar-refractivity contribution in [2.45, 2.75) is 44.3 Å². The summed E-state index contributed by atoms with van der Waals surface area (Å²) >= 11 is 3.20. The van der Waals surface area contributed by atoms with Crippen LogP contribution in [0.1, 0.15) is 31.2 Å². The largest absolute Gasteiger partial charge is 0.480 e. The fraction of sp³-hybridized carbons (Fsp3) is 0.588. The molecule has 2 fully saturated rings. The van der Waals surface area contributed by atoms with Crippen LogP contribution in [0.3, 0.4) is 0 Å².